The molecule has 0 spiro atoms. The van der Waals surface area contributed by atoms with Gasteiger partial charge in [-0.15, -0.1) is 0 Å². The number of halogens is 1. The fourth-order valence-electron chi connectivity index (χ4n) is 6.23. The van der Waals surface area contributed by atoms with Gasteiger partial charge in [-0.05, 0) is 78.8 Å². The molecule has 0 amide bonds. The average molecular weight is 560 g/mol. The first-order valence-electron chi connectivity index (χ1n) is 14.6. The first kappa shape index (κ1) is 27.8. The second-order valence-corrected chi connectivity index (χ2v) is 10.9. The zero-order valence-corrected chi connectivity index (χ0v) is 23.8. The standard InChI is InChI=1S/C34H38FNO5/c1-37-34(38-2)24-15-17-36(18-16-24)27-11-9-23(10-12-27)33-29-14-13-28(41-32-8-3-4-19-39-32)21-31(29)40-22-30(33)25-6-5-7-26(35)20-25/h5-7,9-14,20-21,24,32,34H,3-4,8,15-19,22H2,1-2H3. The van der Waals surface area contributed by atoms with Crippen molar-refractivity contribution in [3.8, 4) is 11.5 Å². The highest BCUT2D eigenvalue weighted by Crippen LogP contribution is 2.43. The number of anilines is 1. The lowest BCUT2D eigenvalue weighted by molar-refractivity contribution is -0.141. The molecule has 2 fully saturated rings. The molecular formula is C34H38FNO5. The van der Waals surface area contributed by atoms with Gasteiger partial charge in [0, 0.05) is 62.5 Å². The normalized spacial score (nSPS) is 19.7. The van der Waals surface area contributed by atoms with Gasteiger partial charge in [-0.25, -0.2) is 4.39 Å². The predicted molar refractivity (Wildman–Crippen MR) is 158 cm³/mol. The van der Waals surface area contributed by atoms with Crippen LogP contribution < -0.4 is 14.4 Å². The summed E-state index contributed by atoms with van der Waals surface area (Å²) in [7, 11) is 3.42. The molecule has 1 atom stereocenters. The summed E-state index contributed by atoms with van der Waals surface area (Å²) in [6.45, 7) is 2.97. The number of piperidine rings is 1. The number of hydrogen-bond acceptors (Lipinski definition) is 6. The maximum Gasteiger partial charge on any atom is 0.199 e. The van der Waals surface area contributed by atoms with E-state index in [0.29, 0.717) is 12.5 Å². The van der Waals surface area contributed by atoms with Gasteiger partial charge in [-0.1, -0.05) is 24.3 Å². The van der Waals surface area contributed by atoms with Crippen molar-refractivity contribution in [2.75, 3.05) is 45.4 Å². The smallest absolute Gasteiger partial charge is 0.199 e. The summed E-state index contributed by atoms with van der Waals surface area (Å²) in [6.07, 6.45) is 4.72. The van der Waals surface area contributed by atoms with Crippen LogP contribution in [0.5, 0.6) is 11.5 Å². The van der Waals surface area contributed by atoms with Crippen molar-refractivity contribution in [2.24, 2.45) is 5.92 Å². The molecule has 3 aromatic rings. The Labute approximate surface area is 241 Å². The van der Waals surface area contributed by atoms with E-state index in [-0.39, 0.29) is 18.4 Å². The van der Waals surface area contributed by atoms with E-state index in [1.165, 1.54) is 11.8 Å². The van der Waals surface area contributed by atoms with E-state index in [1.807, 2.05) is 24.3 Å². The summed E-state index contributed by atoms with van der Waals surface area (Å²) in [5.74, 6) is 1.62. The Morgan fingerprint density at radius 3 is 2.39 bits per heavy atom. The first-order chi connectivity index (χ1) is 20.1. The molecule has 0 aliphatic carbocycles. The maximum atomic E-state index is 14.3. The topological polar surface area (TPSA) is 49.4 Å². The molecule has 0 bridgehead atoms. The van der Waals surface area contributed by atoms with E-state index in [9.17, 15) is 4.39 Å². The number of nitrogens with zero attached hydrogens (tertiary/aromatic N) is 1. The minimum absolute atomic E-state index is 0.151. The Balaban J connectivity index is 1.29. The quantitative estimate of drug-likeness (QED) is 0.279. The fraction of sp³-hybridized carbons (Fsp3) is 0.412. The molecule has 216 valence electrons. The van der Waals surface area contributed by atoms with E-state index in [0.717, 1.165) is 91.1 Å². The Morgan fingerprint density at radius 2 is 1.68 bits per heavy atom. The molecule has 41 heavy (non-hydrogen) atoms. The first-order valence-corrected chi connectivity index (χ1v) is 14.6. The molecule has 1 unspecified atom stereocenters. The van der Waals surface area contributed by atoms with E-state index in [4.69, 9.17) is 23.7 Å². The molecule has 0 aromatic heterocycles. The summed E-state index contributed by atoms with van der Waals surface area (Å²) in [5, 5.41) is 0. The minimum Gasteiger partial charge on any atom is -0.488 e. The molecule has 0 N–H and O–H groups in total. The van der Waals surface area contributed by atoms with Crippen molar-refractivity contribution in [1.29, 1.82) is 0 Å². The van der Waals surface area contributed by atoms with Crippen LogP contribution in [0.4, 0.5) is 10.1 Å². The molecule has 3 aliphatic heterocycles. The maximum absolute atomic E-state index is 14.3. The lowest BCUT2D eigenvalue weighted by Gasteiger charge is -2.36. The summed E-state index contributed by atoms with van der Waals surface area (Å²) >= 11 is 0. The van der Waals surface area contributed by atoms with Crippen LogP contribution in [0, 0.1) is 11.7 Å². The highest BCUT2D eigenvalue weighted by molar-refractivity contribution is 6.01. The Bertz CT molecular complexity index is 1360. The van der Waals surface area contributed by atoms with Crippen molar-refractivity contribution >= 4 is 16.8 Å². The lowest BCUT2D eigenvalue weighted by Crippen LogP contribution is -2.39. The summed E-state index contributed by atoms with van der Waals surface area (Å²) in [6, 6.07) is 21.4. The van der Waals surface area contributed by atoms with Gasteiger partial charge in [0.15, 0.2) is 12.6 Å². The Morgan fingerprint density at radius 1 is 0.878 bits per heavy atom. The summed E-state index contributed by atoms with van der Waals surface area (Å²) in [4.78, 5) is 2.42. The number of rotatable bonds is 8. The summed E-state index contributed by atoms with van der Waals surface area (Å²) < 4.78 is 43.4. The van der Waals surface area contributed by atoms with Gasteiger partial charge in [-0.3, -0.25) is 0 Å². The highest BCUT2D eigenvalue weighted by atomic mass is 19.1. The van der Waals surface area contributed by atoms with Crippen LogP contribution in [-0.4, -0.2) is 53.1 Å². The van der Waals surface area contributed by atoms with Crippen LogP contribution in [0.2, 0.25) is 0 Å². The van der Waals surface area contributed by atoms with Crippen molar-refractivity contribution in [2.45, 2.75) is 44.7 Å². The fourth-order valence-corrected chi connectivity index (χ4v) is 6.23. The minimum atomic E-state index is -0.265. The van der Waals surface area contributed by atoms with E-state index < -0.39 is 0 Å². The molecule has 0 saturated carbocycles. The third-order valence-corrected chi connectivity index (χ3v) is 8.38. The number of ether oxygens (including phenoxy) is 5. The van der Waals surface area contributed by atoms with Gasteiger partial charge in [0.25, 0.3) is 0 Å². The summed E-state index contributed by atoms with van der Waals surface area (Å²) in [5.41, 5.74) is 6.04. The second kappa shape index (κ2) is 12.6. The van der Waals surface area contributed by atoms with Crippen LogP contribution in [0.15, 0.2) is 66.7 Å². The molecule has 6 rings (SSSR count). The number of hydrogen-bond donors (Lipinski definition) is 0. The third-order valence-electron chi connectivity index (χ3n) is 8.38. The van der Waals surface area contributed by atoms with Crippen molar-refractivity contribution in [1.82, 2.24) is 0 Å². The molecule has 3 aliphatic rings. The van der Waals surface area contributed by atoms with Crippen LogP contribution in [0.25, 0.3) is 11.1 Å². The third kappa shape index (κ3) is 6.13. The van der Waals surface area contributed by atoms with Crippen molar-refractivity contribution < 1.29 is 28.1 Å². The van der Waals surface area contributed by atoms with E-state index >= 15 is 0 Å². The van der Waals surface area contributed by atoms with Gasteiger partial charge in [-0.2, -0.15) is 0 Å². The predicted octanol–water partition coefficient (Wildman–Crippen LogP) is 6.92. The second-order valence-electron chi connectivity index (χ2n) is 10.9. The number of benzene rings is 3. The Hall–Kier alpha value is -3.39. The number of fused-ring (bicyclic) bond motifs is 1. The van der Waals surface area contributed by atoms with E-state index in [2.05, 4.69) is 29.2 Å². The Kier molecular flexibility index (Phi) is 8.56. The van der Waals surface area contributed by atoms with E-state index in [1.54, 1.807) is 26.4 Å². The van der Waals surface area contributed by atoms with Gasteiger partial charge >= 0.3 is 0 Å². The van der Waals surface area contributed by atoms with Crippen LogP contribution in [0.1, 0.15) is 48.8 Å². The largest absolute Gasteiger partial charge is 0.488 e. The molecule has 0 radical (unpaired) electrons. The van der Waals surface area contributed by atoms with Crippen LogP contribution in [0.3, 0.4) is 0 Å². The SMILES string of the molecule is COC(OC)C1CCN(c2ccc(C3=C(c4cccc(F)c4)COc4cc(OC5CCCCO5)ccc43)cc2)CC1. The monoisotopic (exact) mass is 559 g/mol. The lowest BCUT2D eigenvalue weighted by atomic mass is 9.87. The van der Waals surface area contributed by atoms with Crippen LogP contribution in [-0.2, 0) is 14.2 Å². The van der Waals surface area contributed by atoms with Gasteiger partial charge in [0.2, 0.25) is 0 Å². The average Bonchev–Trinajstić information content (AvgIpc) is 3.02. The molecular weight excluding hydrogens is 521 g/mol. The molecule has 3 aromatic carbocycles. The zero-order chi connectivity index (χ0) is 28.2. The number of methoxy groups -OCH3 is 2. The van der Waals surface area contributed by atoms with Gasteiger partial charge in [0.05, 0.1) is 6.61 Å². The molecule has 7 heteroatoms. The van der Waals surface area contributed by atoms with Gasteiger partial charge < -0.3 is 28.6 Å². The van der Waals surface area contributed by atoms with Crippen LogP contribution >= 0.6 is 0 Å². The molecule has 3 heterocycles. The van der Waals surface area contributed by atoms with Crippen molar-refractivity contribution in [3.63, 3.8) is 0 Å². The van der Waals surface area contributed by atoms with Gasteiger partial charge in [0.1, 0.15) is 23.9 Å². The van der Waals surface area contributed by atoms with Crippen molar-refractivity contribution in [3.05, 3.63) is 89.2 Å². The highest BCUT2D eigenvalue weighted by Gasteiger charge is 2.28. The molecule has 2 saturated heterocycles. The molecule has 6 nitrogen and oxygen atoms in total. The zero-order valence-electron chi connectivity index (χ0n) is 23.8.